The number of anilines is 1. The summed E-state index contributed by atoms with van der Waals surface area (Å²) in [5.74, 6) is 0.458. The van der Waals surface area contributed by atoms with Crippen LogP contribution in [0.4, 0.5) is 5.82 Å². The Balaban J connectivity index is 1.50. The fourth-order valence-electron chi connectivity index (χ4n) is 4.83. The third-order valence-electron chi connectivity index (χ3n) is 6.86. The van der Waals surface area contributed by atoms with Crippen LogP contribution in [0.2, 0.25) is 0 Å². The summed E-state index contributed by atoms with van der Waals surface area (Å²) in [5, 5.41) is 5.96. The normalized spacial score (nSPS) is 14.4. The van der Waals surface area contributed by atoms with Crippen molar-refractivity contribution in [1.29, 1.82) is 0 Å². The number of rotatable bonds is 11. The minimum Gasteiger partial charge on any atom is -0.467 e. The SMILES string of the molecule is Cc1ccc([C@H](C(=O)NC2CCCCC2)N(Cc2ccco2)C(=O)CCCC(=O)Nc2ccccn2)cc1. The second-order valence-corrected chi connectivity index (χ2v) is 9.87. The van der Waals surface area contributed by atoms with Gasteiger partial charge in [-0.1, -0.05) is 55.2 Å². The smallest absolute Gasteiger partial charge is 0.247 e. The molecule has 1 aromatic carbocycles. The molecule has 200 valence electrons. The maximum atomic E-state index is 13.7. The van der Waals surface area contributed by atoms with Crippen LogP contribution in [0.3, 0.4) is 0 Å². The van der Waals surface area contributed by atoms with Gasteiger partial charge in [0.25, 0.3) is 0 Å². The number of benzene rings is 1. The van der Waals surface area contributed by atoms with Gasteiger partial charge in [0.2, 0.25) is 17.7 Å². The standard InChI is InChI=1S/C30H36N4O4/c1-22-15-17-23(18-16-22)29(30(37)32-24-9-3-2-4-10-24)34(21-25-11-8-20-38-25)28(36)14-7-13-27(35)33-26-12-5-6-19-31-26/h5-6,8,11-12,15-20,24,29H,2-4,7,9-10,13-14,21H2,1H3,(H,32,37)(H,31,33,35)/t29-/m1/s1. The van der Waals surface area contributed by atoms with E-state index in [9.17, 15) is 14.4 Å². The molecular formula is C30H36N4O4. The number of carbonyl (C=O) groups excluding carboxylic acids is 3. The van der Waals surface area contributed by atoms with Crippen molar-refractivity contribution >= 4 is 23.5 Å². The molecule has 8 heteroatoms. The van der Waals surface area contributed by atoms with Gasteiger partial charge in [-0.2, -0.15) is 0 Å². The molecule has 1 saturated carbocycles. The molecule has 8 nitrogen and oxygen atoms in total. The summed E-state index contributed by atoms with van der Waals surface area (Å²) in [6.45, 7) is 2.14. The Hall–Kier alpha value is -3.94. The molecule has 0 bridgehead atoms. The highest BCUT2D eigenvalue weighted by Crippen LogP contribution is 2.27. The topological polar surface area (TPSA) is 105 Å². The molecule has 1 aliphatic rings. The number of nitrogens with zero attached hydrogens (tertiary/aromatic N) is 2. The van der Waals surface area contributed by atoms with Crippen LogP contribution < -0.4 is 10.6 Å². The molecule has 38 heavy (non-hydrogen) atoms. The molecule has 2 N–H and O–H groups in total. The van der Waals surface area contributed by atoms with E-state index < -0.39 is 6.04 Å². The molecular weight excluding hydrogens is 480 g/mol. The molecule has 0 unspecified atom stereocenters. The highest BCUT2D eigenvalue weighted by Gasteiger charge is 2.33. The number of amides is 3. The van der Waals surface area contributed by atoms with Crippen molar-refractivity contribution in [3.8, 4) is 0 Å². The molecule has 0 aliphatic heterocycles. The maximum Gasteiger partial charge on any atom is 0.247 e. The van der Waals surface area contributed by atoms with E-state index in [2.05, 4.69) is 15.6 Å². The van der Waals surface area contributed by atoms with E-state index in [4.69, 9.17) is 4.42 Å². The third kappa shape index (κ3) is 7.78. The van der Waals surface area contributed by atoms with Crippen molar-refractivity contribution in [2.24, 2.45) is 0 Å². The van der Waals surface area contributed by atoms with E-state index in [1.807, 2.05) is 31.2 Å². The molecule has 0 saturated heterocycles. The molecule has 0 spiro atoms. The van der Waals surface area contributed by atoms with Crippen molar-refractivity contribution in [3.05, 3.63) is 83.9 Å². The first kappa shape index (κ1) is 27.1. The first-order valence-corrected chi connectivity index (χ1v) is 13.4. The first-order valence-electron chi connectivity index (χ1n) is 13.4. The van der Waals surface area contributed by atoms with Crippen molar-refractivity contribution in [2.45, 2.75) is 76.9 Å². The van der Waals surface area contributed by atoms with Crippen LogP contribution in [0.5, 0.6) is 0 Å². The number of hydrogen-bond donors (Lipinski definition) is 2. The maximum absolute atomic E-state index is 13.7. The van der Waals surface area contributed by atoms with Gasteiger partial charge < -0.3 is 20.0 Å². The predicted octanol–water partition coefficient (Wildman–Crippen LogP) is 5.31. The summed E-state index contributed by atoms with van der Waals surface area (Å²) in [5.41, 5.74) is 1.82. The lowest BCUT2D eigenvalue weighted by molar-refractivity contribution is -0.142. The van der Waals surface area contributed by atoms with E-state index >= 15 is 0 Å². The summed E-state index contributed by atoms with van der Waals surface area (Å²) in [6, 6.07) is 15.9. The Labute approximate surface area is 223 Å². The zero-order chi connectivity index (χ0) is 26.7. The van der Waals surface area contributed by atoms with E-state index in [0.717, 1.165) is 36.8 Å². The van der Waals surface area contributed by atoms with Gasteiger partial charge in [-0.3, -0.25) is 14.4 Å². The van der Waals surface area contributed by atoms with Crippen LogP contribution in [0, 0.1) is 6.92 Å². The lowest BCUT2D eigenvalue weighted by atomic mass is 9.94. The number of furan rings is 1. The van der Waals surface area contributed by atoms with Crippen LogP contribution in [0.25, 0.3) is 0 Å². The van der Waals surface area contributed by atoms with E-state index in [-0.39, 0.29) is 43.1 Å². The Kier molecular flexibility index (Phi) is 9.67. The van der Waals surface area contributed by atoms with Crippen LogP contribution in [0.1, 0.15) is 74.3 Å². The minimum atomic E-state index is -0.808. The quantitative estimate of drug-likeness (QED) is 0.359. The molecule has 3 amide bonds. The summed E-state index contributed by atoms with van der Waals surface area (Å²) < 4.78 is 5.56. The fraction of sp³-hybridized carbons (Fsp3) is 0.400. The first-order chi connectivity index (χ1) is 18.5. The van der Waals surface area contributed by atoms with Gasteiger partial charge in [0.05, 0.1) is 12.8 Å². The van der Waals surface area contributed by atoms with Gasteiger partial charge in [-0.05, 0) is 56.0 Å². The second kappa shape index (κ2) is 13.6. The Morgan fingerprint density at radius 1 is 1.00 bits per heavy atom. The third-order valence-corrected chi connectivity index (χ3v) is 6.86. The van der Waals surface area contributed by atoms with Crippen molar-refractivity contribution in [1.82, 2.24) is 15.2 Å². The largest absolute Gasteiger partial charge is 0.467 e. The summed E-state index contributed by atoms with van der Waals surface area (Å²) in [6.07, 6.45) is 9.06. The Morgan fingerprint density at radius 3 is 2.47 bits per heavy atom. The lowest BCUT2D eigenvalue weighted by Crippen LogP contribution is -2.46. The van der Waals surface area contributed by atoms with E-state index in [0.29, 0.717) is 18.0 Å². The summed E-state index contributed by atoms with van der Waals surface area (Å²) in [4.78, 5) is 45.5. The van der Waals surface area contributed by atoms with Crippen molar-refractivity contribution in [2.75, 3.05) is 5.32 Å². The van der Waals surface area contributed by atoms with Gasteiger partial charge in [0, 0.05) is 25.1 Å². The van der Waals surface area contributed by atoms with Crippen molar-refractivity contribution in [3.63, 3.8) is 0 Å². The summed E-state index contributed by atoms with van der Waals surface area (Å²) in [7, 11) is 0. The van der Waals surface area contributed by atoms with Gasteiger partial charge in [-0.25, -0.2) is 4.98 Å². The lowest BCUT2D eigenvalue weighted by Gasteiger charge is -2.33. The number of aryl methyl sites for hydroxylation is 1. The molecule has 0 radical (unpaired) electrons. The van der Waals surface area contributed by atoms with Gasteiger partial charge in [0.15, 0.2) is 0 Å². The highest BCUT2D eigenvalue weighted by molar-refractivity contribution is 5.91. The average molecular weight is 517 g/mol. The van der Waals surface area contributed by atoms with Crippen molar-refractivity contribution < 1.29 is 18.8 Å². The summed E-state index contributed by atoms with van der Waals surface area (Å²) >= 11 is 0. The molecule has 4 rings (SSSR count). The van der Waals surface area contributed by atoms with Gasteiger partial charge in [0.1, 0.15) is 17.6 Å². The molecule has 1 fully saturated rings. The molecule has 1 atom stereocenters. The molecule has 1 aliphatic carbocycles. The molecule has 2 aromatic heterocycles. The number of hydrogen-bond acceptors (Lipinski definition) is 5. The van der Waals surface area contributed by atoms with Crippen LogP contribution in [-0.2, 0) is 20.9 Å². The van der Waals surface area contributed by atoms with Gasteiger partial charge >= 0.3 is 0 Å². The Morgan fingerprint density at radius 2 is 1.79 bits per heavy atom. The van der Waals surface area contributed by atoms with Crippen LogP contribution >= 0.6 is 0 Å². The predicted molar refractivity (Wildman–Crippen MR) is 145 cm³/mol. The fourth-order valence-corrected chi connectivity index (χ4v) is 4.83. The Bertz CT molecular complexity index is 1170. The minimum absolute atomic E-state index is 0.111. The number of aromatic nitrogens is 1. The average Bonchev–Trinajstić information content (AvgIpc) is 3.44. The van der Waals surface area contributed by atoms with E-state index in [1.165, 1.54) is 6.42 Å². The van der Waals surface area contributed by atoms with Crippen LogP contribution in [-0.4, -0.2) is 33.6 Å². The van der Waals surface area contributed by atoms with E-state index in [1.54, 1.807) is 47.7 Å². The molecule has 2 heterocycles. The number of carbonyl (C=O) groups is 3. The monoisotopic (exact) mass is 516 g/mol. The highest BCUT2D eigenvalue weighted by atomic mass is 16.3. The number of nitrogens with one attached hydrogen (secondary N) is 2. The van der Waals surface area contributed by atoms with Gasteiger partial charge in [-0.15, -0.1) is 0 Å². The zero-order valence-electron chi connectivity index (χ0n) is 21.9. The zero-order valence-corrected chi connectivity index (χ0v) is 21.9. The second-order valence-electron chi connectivity index (χ2n) is 9.87. The number of pyridine rings is 1. The van der Waals surface area contributed by atoms with Crippen LogP contribution in [0.15, 0.2) is 71.5 Å². The molecule has 3 aromatic rings.